The van der Waals surface area contributed by atoms with Crippen LogP contribution in [0.4, 0.5) is 4.39 Å². The molecule has 0 aromatic heterocycles. The molecule has 1 atom stereocenters. The third-order valence-corrected chi connectivity index (χ3v) is 5.78. The van der Waals surface area contributed by atoms with Gasteiger partial charge in [0.15, 0.2) is 0 Å². The van der Waals surface area contributed by atoms with Crippen molar-refractivity contribution in [2.24, 2.45) is 0 Å². The van der Waals surface area contributed by atoms with Gasteiger partial charge in [-0.3, -0.25) is 0 Å². The zero-order valence-corrected chi connectivity index (χ0v) is 16.2. The highest BCUT2D eigenvalue weighted by Crippen LogP contribution is 2.43. The molecule has 0 amide bonds. The number of hydrogen-bond donors (Lipinski definition) is 2. The normalized spacial score (nSPS) is 20.0. The molecule has 0 heterocycles. The Morgan fingerprint density at radius 3 is 2.43 bits per heavy atom. The van der Waals surface area contributed by atoms with E-state index in [0.29, 0.717) is 17.6 Å². The van der Waals surface area contributed by atoms with Gasteiger partial charge in [0.25, 0.3) is 0 Å². The second-order valence-corrected chi connectivity index (χ2v) is 8.47. The summed E-state index contributed by atoms with van der Waals surface area (Å²) in [6, 6.07) is 11.4. The second kappa shape index (κ2) is 7.07. The van der Waals surface area contributed by atoms with Gasteiger partial charge in [0, 0.05) is 23.2 Å². The van der Waals surface area contributed by atoms with Gasteiger partial charge in [-0.15, -0.1) is 0 Å². The lowest BCUT2D eigenvalue weighted by molar-refractivity contribution is 0.0692. The van der Waals surface area contributed by atoms with Gasteiger partial charge in [0.2, 0.25) is 0 Å². The minimum absolute atomic E-state index is 0.101. The van der Waals surface area contributed by atoms with Crippen LogP contribution < -0.4 is 5.32 Å². The summed E-state index contributed by atoms with van der Waals surface area (Å²) >= 11 is 0. The van der Waals surface area contributed by atoms with Crippen molar-refractivity contribution in [1.29, 1.82) is 0 Å². The van der Waals surface area contributed by atoms with E-state index in [9.17, 15) is 9.18 Å². The molecule has 2 aliphatic carbocycles. The lowest BCUT2D eigenvalue weighted by Crippen LogP contribution is -2.33. The molecule has 2 aliphatic rings. The van der Waals surface area contributed by atoms with E-state index < -0.39 is 11.8 Å². The highest BCUT2D eigenvalue weighted by molar-refractivity contribution is 5.88. The summed E-state index contributed by atoms with van der Waals surface area (Å²) in [4.78, 5) is 10.9. The van der Waals surface area contributed by atoms with E-state index in [0.717, 1.165) is 18.4 Å². The van der Waals surface area contributed by atoms with E-state index in [-0.39, 0.29) is 11.0 Å². The molecular weight excluding hydrogens is 353 g/mol. The summed E-state index contributed by atoms with van der Waals surface area (Å²) < 4.78 is 13.9. The lowest BCUT2D eigenvalue weighted by atomic mass is 9.70. The third-order valence-electron chi connectivity index (χ3n) is 5.78. The fourth-order valence-electron chi connectivity index (χ4n) is 3.94. The Morgan fingerprint density at radius 1 is 1.11 bits per heavy atom. The minimum Gasteiger partial charge on any atom is -0.478 e. The van der Waals surface area contributed by atoms with Gasteiger partial charge in [0.05, 0.1) is 5.56 Å². The molecule has 28 heavy (non-hydrogen) atoms. The number of carboxylic acid groups (broad SMARTS) is 1. The quantitative estimate of drug-likeness (QED) is 0.756. The maximum atomic E-state index is 13.9. The van der Waals surface area contributed by atoms with Crippen molar-refractivity contribution in [3.63, 3.8) is 0 Å². The van der Waals surface area contributed by atoms with E-state index >= 15 is 0 Å². The fourth-order valence-corrected chi connectivity index (χ4v) is 3.94. The number of nitrogens with one attached hydrogen (secondary N) is 1. The Balaban J connectivity index is 1.63. The molecule has 4 heteroatoms. The predicted molar refractivity (Wildman–Crippen MR) is 107 cm³/mol. The fraction of sp³-hybridized carbons (Fsp3) is 0.375. The Morgan fingerprint density at radius 2 is 1.79 bits per heavy atom. The zero-order valence-electron chi connectivity index (χ0n) is 16.2. The van der Waals surface area contributed by atoms with Gasteiger partial charge < -0.3 is 10.4 Å². The molecule has 4 rings (SSSR count). The summed E-state index contributed by atoms with van der Waals surface area (Å²) in [6.45, 7) is 4.55. The number of benzene rings is 2. The van der Waals surface area contributed by atoms with Crippen molar-refractivity contribution in [2.45, 2.75) is 57.0 Å². The lowest BCUT2D eigenvalue weighted by Gasteiger charge is -2.37. The molecule has 0 bridgehead atoms. The summed E-state index contributed by atoms with van der Waals surface area (Å²) in [5, 5.41) is 12.7. The highest BCUT2D eigenvalue weighted by atomic mass is 19.1. The van der Waals surface area contributed by atoms with Crippen LogP contribution in [0.15, 0.2) is 36.4 Å². The molecular formula is C24H24FNO2. The zero-order chi connectivity index (χ0) is 19.9. The number of aromatic carboxylic acids is 1. The Hall–Kier alpha value is -2.64. The summed E-state index contributed by atoms with van der Waals surface area (Å²) in [5.41, 5.74) is 3.82. The van der Waals surface area contributed by atoms with Gasteiger partial charge in [0.1, 0.15) is 5.82 Å². The number of carboxylic acids is 1. The number of carbonyl (C=O) groups is 1. The molecule has 2 aromatic rings. The van der Waals surface area contributed by atoms with Gasteiger partial charge in [-0.1, -0.05) is 31.8 Å². The van der Waals surface area contributed by atoms with E-state index in [1.807, 2.05) is 6.07 Å². The number of halogens is 1. The predicted octanol–water partition coefficient (Wildman–Crippen LogP) is 4.79. The van der Waals surface area contributed by atoms with Crippen LogP contribution >= 0.6 is 0 Å². The smallest absolute Gasteiger partial charge is 0.338 e. The van der Waals surface area contributed by atoms with Crippen LogP contribution in [-0.2, 0) is 5.41 Å². The molecule has 1 fully saturated rings. The summed E-state index contributed by atoms with van der Waals surface area (Å²) in [7, 11) is 0. The SMILES string of the molecule is CC1(C)CCC(NC2CC2)c2ccc(C#Cc3ccc(C(=O)O)c(F)c3)cc21. The Kier molecular flexibility index (Phi) is 4.72. The van der Waals surface area contributed by atoms with Crippen molar-refractivity contribution in [3.05, 3.63) is 70.0 Å². The van der Waals surface area contributed by atoms with Gasteiger partial charge in [-0.2, -0.15) is 0 Å². The first-order chi connectivity index (χ1) is 13.3. The second-order valence-electron chi connectivity index (χ2n) is 8.47. The molecule has 2 N–H and O–H groups in total. The average Bonchev–Trinajstić information content (AvgIpc) is 3.46. The molecule has 0 spiro atoms. The topological polar surface area (TPSA) is 49.3 Å². The number of hydrogen-bond acceptors (Lipinski definition) is 2. The van der Waals surface area contributed by atoms with E-state index in [1.54, 1.807) is 0 Å². The molecule has 0 radical (unpaired) electrons. The van der Waals surface area contributed by atoms with Crippen LogP contribution in [0.3, 0.4) is 0 Å². The van der Waals surface area contributed by atoms with Crippen LogP contribution in [0.1, 0.15) is 78.2 Å². The summed E-state index contributed by atoms with van der Waals surface area (Å²) in [6.07, 6.45) is 4.83. The Bertz CT molecular complexity index is 995. The highest BCUT2D eigenvalue weighted by Gasteiger charge is 2.35. The van der Waals surface area contributed by atoms with Gasteiger partial charge in [-0.05, 0) is 72.6 Å². The number of fused-ring (bicyclic) bond motifs is 1. The van der Waals surface area contributed by atoms with Gasteiger partial charge in [-0.25, -0.2) is 9.18 Å². The maximum absolute atomic E-state index is 13.9. The standard InChI is InChI=1S/C24H24FNO2/c1-24(2)12-11-22(26-17-7-8-17)18-9-5-15(13-20(18)24)3-4-16-6-10-19(23(27)28)21(25)14-16/h5-6,9-10,13-14,17,22,26H,7-8,11-12H2,1-2H3,(H,27,28). The van der Waals surface area contributed by atoms with Crippen LogP contribution in [0, 0.1) is 17.7 Å². The average molecular weight is 377 g/mol. The largest absolute Gasteiger partial charge is 0.478 e. The first-order valence-electron chi connectivity index (χ1n) is 9.79. The van der Waals surface area contributed by atoms with E-state index in [1.165, 1.54) is 42.2 Å². The van der Waals surface area contributed by atoms with Crippen LogP contribution in [0.25, 0.3) is 0 Å². The molecule has 3 nitrogen and oxygen atoms in total. The monoisotopic (exact) mass is 377 g/mol. The van der Waals surface area contributed by atoms with E-state index in [2.05, 4.69) is 43.1 Å². The summed E-state index contributed by atoms with van der Waals surface area (Å²) in [5.74, 6) is 4.03. The van der Waals surface area contributed by atoms with Crippen molar-refractivity contribution >= 4 is 5.97 Å². The van der Waals surface area contributed by atoms with Crippen molar-refractivity contribution in [3.8, 4) is 11.8 Å². The van der Waals surface area contributed by atoms with Crippen LogP contribution in [0.2, 0.25) is 0 Å². The first kappa shape index (κ1) is 18.7. The van der Waals surface area contributed by atoms with Crippen LogP contribution in [-0.4, -0.2) is 17.1 Å². The number of rotatable bonds is 3. The first-order valence-corrected chi connectivity index (χ1v) is 9.79. The molecule has 144 valence electrons. The van der Waals surface area contributed by atoms with Crippen molar-refractivity contribution in [1.82, 2.24) is 5.32 Å². The molecule has 1 saturated carbocycles. The van der Waals surface area contributed by atoms with Crippen molar-refractivity contribution < 1.29 is 14.3 Å². The molecule has 1 unspecified atom stereocenters. The van der Waals surface area contributed by atoms with Gasteiger partial charge >= 0.3 is 5.97 Å². The molecule has 0 saturated heterocycles. The molecule has 2 aromatic carbocycles. The third kappa shape index (κ3) is 3.81. The molecule has 0 aliphatic heterocycles. The Labute approximate surface area is 165 Å². The minimum atomic E-state index is -1.27. The maximum Gasteiger partial charge on any atom is 0.338 e. The van der Waals surface area contributed by atoms with Crippen LogP contribution in [0.5, 0.6) is 0 Å². The van der Waals surface area contributed by atoms with Crippen molar-refractivity contribution in [2.75, 3.05) is 0 Å². The van der Waals surface area contributed by atoms with E-state index in [4.69, 9.17) is 5.11 Å².